The highest BCUT2D eigenvalue weighted by molar-refractivity contribution is 5.68. The summed E-state index contributed by atoms with van der Waals surface area (Å²) in [5, 5.41) is 1.75. The summed E-state index contributed by atoms with van der Waals surface area (Å²) < 4.78 is 10.5. The van der Waals surface area contributed by atoms with Gasteiger partial charge in [0, 0.05) is 26.2 Å². The molecule has 0 aliphatic carbocycles. The van der Waals surface area contributed by atoms with Crippen LogP contribution in [0.25, 0.3) is 0 Å². The molecule has 0 aromatic heterocycles. The molecular weight excluding hydrogens is 310 g/mol. The van der Waals surface area contributed by atoms with E-state index in [0.29, 0.717) is 26.2 Å². The molecule has 0 spiro atoms. The molecule has 1 aliphatic heterocycles. The highest BCUT2D eigenvalue weighted by atomic mass is 16.6. The van der Waals surface area contributed by atoms with Crippen LogP contribution in [0, 0.1) is 0 Å². The van der Waals surface area contributed by atoms with E-state index in [1.54, 1.807) is 9.91 Å². The summed E-state index contributed by atoms with van der Waals surface area (Å²) in [7, 11) is 0. The number of carbonyl (C=O) groups is 2. The number of rotatable bonds is 3. The molecule has 0 unspecified atom stereocenters. The molecule has 1 fully saturated rings. The van der Waals surface area contributed by atoms with Gasteiger partial charge in [-0.25, -0.2) is 14.6 Å². The summed E-state index contributed by atoms with van der Waals surface area (Å²) in [4.78, 5) is 25.4. The van der Waals surface area contributed by atoms with Crippen LogP contribution >= 0.6 is 0 Å². The van der Waals surface area contributed by atoms with E-state index in [1.165, 1.54) is 0 Å². The Balaban J connectivity index is 1.70. The van der Waals surface area contributed by atoms with Crippen molar-refractivity contribution in [2.45, 2.75) is 33.0 Å². The SMILES string of the molecule is CC(C)(C)OC(=O)NN1CCN(C(=O)OCc2ccccc2)CC1. The average Bonchev–Trinajstić information content (AvgIpc) is 2.52. The molecule has 1 heterocycles. The van der Waals surface area contributed by atoms with Crippen molar-refractivity contribution in [3.05, 3.63) is 35.9 Å². The predicted octanol–water partition coefficient (Wildman–Crippen LogP) is 2.38. The molecule has 1 aliphatic rings. The van der Waals surface area contributed by atoms with Gasteiger partial charge < -0.3 is 14.4 Å². The number of hydrazine groups is 1. The number of carbonyl (C=O) groups excluding carboxylic acids is 2. The van der Waals surface area contributed by atoms with Crippen molar-refractivity contribution in [2.75, 3.05) is 26.2 Å². The van der Waals surface area contributed by atoms with E-state index in [1.807, 2.05) is 51.1 Å². The van der Waals surface area contributed by atoms with Crippen molar-refractivity contribution in [2.24, 2.45) is 0 Å². The monoisotopic (exact) mass is 335 g/mol. The number of nitrogens with zero attached hydrogens (tertiary/aromatic N) is 2. The molecule has 1 N–H and O–H groups in total. The second-order valence-electron chi connectivity index (χ2n) is 6.63. The molecule has 0 radical (unpaired) electrons. The lowest BCUT2D eigenvalue weighted by Gasteiger charge is -2.34. The molecule has 7 nitrogen and oxygen atoms in total. The summed E-state index contributed by atoms with van der Waals surface area (Å²) >= 11 is 0. The van der Waals surface area contributed by atoms with Crippen LogP contribution in [0.15, 0.2) is 30.3 Å². The highest BCUT2D eigenvalue weighted by Gasteiger charge is 2.24. The van der Waals surface area contributed by atoms with Crippen molar-refractivity contribution < 1.29 is 19.1 Å². The van der Waals surface area contributed by atoms with Crippen LogP contribution < -0.4 is 5.43 Å². The second-order valence-corrected chi connectivity index (χ2v) is 6.63. The molecule has 24 heavy (non-hydrogen) atoms. The first-order chi connectivity index (χ1) is 11.3. The van der Waals surface area contributed by atoms with Crippen molar-refractivity contribution in [1.82, 2.24) is 15.3 Å². The highest BCUT2D eigenvalue weighted by Crippen LogP contribution is 2.08. The number of amides is 2. The Hall–Kier alpha value is -2.28. The number of hydrogen-bond acceptors (Lipinski definition) is 5. The quantitative estimate of drug-likeness (QED) is 0.918. The van der Waals surface area contributed by atoms with Gasteiger partial charge >= 0.3 is 12.2 Å². The maximum atomic E-state index is 12.1. The molecule has 0 bridgehead atoms. The van der Waals surface area contributed by atoms with Gasteiger partial charge in [0.1, 0.15) is 12.2 Å². The molecule has 1 aromatic rings. The Kier molecular flexibility index (Phi) is 6.03. The number of piperazine rings is 1. The minimum Gasteiger partial charge on any atom is -0.445 e. The Morgan fingerprint density at radius 2 is 1.71 bits per heavy atom. The zero-order valence-corrected chi connectivity index (χ0v) is 14.4. The molecule has 132 valence electrons. The Morgan fingerprint density at radius 3 is 2.29 bits per heavy atom. The first-order valence-corrected chi connectivity index (χ1v) is 8.04. The molecule has 0 atom stereocenters. The maximum Gasteiger partial charge on any atom is 0.422 e. The second kappa shape index (κ2) is 8.01. The predicted molar refractivity (Wildman–Crippen MR) is 89.1 cm³/mol. The standard InChI is InChI=1S/C17H25N3O4/c1-17(2,3)24-15(21)18-20-11-9-19(10-12-20)16(22)23-13-14-7-5-4-6-8-14/h4-8H,9-13H2,1-3H3,(H,18,21). The Labute approximate surface area is 142 Å². The summed E-state index contributed by atoms with van der Waals surface area (Å²) in [6.45, 7) is 7.73. The molecular formula is C17H25N3O4. The molecule has 7 heteroatoms. The van der Waals surface area contributed by atoms with Crippen molar-refractivity contribution in [3.63, 3.8) is 0 Å². The van der Waals surface area contributed by atoms with Crippen LogP contribution in [0.4, 0.5) is 9.59 Å². The van der Waals surface area contributed by atoms with Crippen molar-refractivity contribution in [3.8, 4) is 0 Å². The zero-order chi connectivity index (χ0) is 17.6. The summed E-state index contributed by atoms with van der Waals surface area (Å²) in [6, 6.07) is 9.56. The van der Waals surface area contributed by atoms with Crippen LogP contribution in [-0.4, -0.2) is 53.9 Å². The molecule has 1 aromatic carbocycles. The summed E-state index contributed by atoms with van der Waals surface area (Å²) in [5.74, 6) is 0. The van der Waals surface area contributed by atoms with E-state index in [4.69, 9.17) is 9.47 Å². The topological polar surface area (TPSA) is 71.1 Å². The van der Waals surface area contributed by atoms with Crippen LogP contribution in [0.5, 0.6) is 0 Å². The number of benzene rings is 1. The first-order valence-electron chi connectivity index (χ1n) is 8.04. The summed E-state index contributed by atoms with van der Waals surface area (Å²) in [5.41, 5.74) is 3.11. The Morgan fingerprint density at radius 1 is 1.08 bits per heavy atom. The van der Waals surface area contributed by atoms with E-state index in [2.05, 4.69) is 5.43 Å². The Bertz CT molecular complexity index is 549. The van der Waals surface area contributed by atoms with Crippen LogP contribution in [0.2, 0.25) is 0 Å². The van der Waals surface area contributed by atoms with E-state index >= 15 is 0 Å². The lowest BCUT2D eigenvalue weighted by atomic mass is 10.2. The minimum atomic E-state index is -0.535. The minimum absolute atomic E-state index is 0.260. The fourth-order valence-corrected chi connectivity index (χ4v) is 2.24. The van der Waals surface area contributed by atoms with Crippen LogP contribution in [-0.2, 0) is 16.1 Å². The van der Waals surface area contributed by atoms with Crippen LogP contribution in [0.1, 0.15) is 26.3 Å². The van der Waals surface area contributed by atoms with Gasteiger partial charge in [-0.05, 0) is 26.3 Å². The lowest BCUT2D eigenvalue weighted by molar-refractivity contribution is 0.0202. The molecule has 2 rings (SSSR count). The van der Waals surface area contributed by atoms with E-state index in [0.717, 1.165) is 5.56 Å². The third-order valence-electron chi connectivity index (χ3n) is 3.39. The maximum absolute atomic E-state index is 12.1. The number of nitrogens with one attached hydrogen (secondary N) is 1. The van der Waals surface area contributed by atoms with Gasteiger partial charge in [0.15, 0.2) is 0 Å². The largest absolute Gasteiger partial charge is 0.445 e. The number of hydrogen-bond donors (Lipinski definition) is 1. The van der Waals surface area contributed by atoms with E-state index in [-0.39, 0.29) is 12.7 Å². The zero-order valence-electron chi connectivity index (χ0n) is 14.4. The molecule has 2 amide bonds. The van der Waals surface area contributed by atoms with Gasteiger partial charge in [0.25, 0.3) is 0 Å². The van der Waals surface area contributed by atoms with Gasteiger partial charge in [0.05, 0.1) is 0 Å². The smallest absolute Gasteiger partial charge is 0.422 e. The number of ether oxygens (including phenoxy) is 2. The van der Waals surface area contributed by atoms with Crippen molar-refractivity contribution in [1.29, 1.82) is 0 Å². The lowest BCUT2D eigenvalue weighted by Crippen LogP contribution is -2.55. The van der Waals surface area contributed by atoms with Gasteiger partial charge in [-0.1, -0.05) is 30.3 Å². The fourth-order valence-electron chi connectivity index (χ4n) is 2.24. The van der Waals surface area contributed by atoms with Gasteiger partial charge in [-0.2, -0.15) is 0 Å². The normalized spacial score (nSPS) is 15.7. The van der Waals surface area contributed by atoms with Gasteiger partial charge in [-0.15, -0.1) is 0 Å². The molecule has 0 saturated carbocycles. The van der Waals surface area contributed by atoms with Crippen molar-refractivity contribution >= 4 is 12.2 Å². The molecule has 1 saturated heterocycles. The van der Waals surface area contributed by atoms with Crippen LogP contribution in [0.3, 0.4) is 0 Å². The first kappa shape index (κ1) is 18.1. The van der Waals surface area contributed by atoms with E-state index < -0.39 is 11.7 Å². The van der Waals surface area contributed by atoms with Gasteiger partial charge in [0.2, 0.25) is 0 Å². The summed E-state index contributed by atoms with van der Waals surface area (Å²) in [6.07, 6.45) is -0.821. The third-order valence-corrected chi connectivity index (χ3v) is 3.39. The van der Waals surface area contributed by atoms with Gasteiger partial charge in [-0.3, -0.25) is 5.43 Å². The fraction of sp³-hybridized carbons (Fsp3) is 0.529. The van der Waals surface area contributed by atoms with E-state index in [9.17, 15) is 9.59 Å². The third kappa shape index (κ3) is 6.08. The average molecular weight is 335 g/mol.